The fourth-order valence-corrected chi connectivity index (χ4v) is 2.72. The largest absolute Gasteiger partial charge is 0.507 e. The number of anilines is 1. The summed E-state index contributed by atoms with van der Waals surface area (Å²) >= 11 is 4.87. The van der Waals surface area contributed by atoms with Crippen LogP contribution in [0, 0.1) is 0 Å². The summed E-state index contributed by atoms with van der Waals surface area (Å²) in [5.74, 6) is 0.188. The Kier molecular flexibility index (Phi) is 4.45. The van der Waals surface area contributed by atoms with Crippen LogP contribution in [0.4, 0.5) is 5.13 Å². The third-order valence-electron chi connectivity index (χ3n) is 2.63. The first-order valence-corrected chi connectivity index (χ1v) is 7.77. The van der Waals surface area contributed by atoms with E-state index in [4.69, 9.17) is 0 Å². The van der Waals surface area contributed by atoms with E-state index in [1.54, 1.807) is 24.4 Å². The number of phenolic OH excluding ortho intramolecular Hbond substituents is 1. The third kappa shape index (κ3) is 3.80. The smallest absolute Gasteiger partial charge is 0.203 e. The van der Waals surface area contributed by atoms with Crippen molar-refractivity contribution in [2.75, 3.05) is 5.43 Å². The normalized spacial score (nSPS) is 12.0. The Balaban J connectivity index is 2.07. The fraction of sp³-hybridized carbons (Fsp3) is 0.286. The predicted octanol–water partition coefficient (Wildman–Crippen LogP) is 4.35. The number of halogens is 1. The van der Waals surface area contributed by atoms with Gasteiger partial charge in [0.05, 0.1) is 11.9 Å². The van der Waals surface area contributed by atoms with E-state index in [2.05, 4.69) is 52.2 Å². The lowest BCUT2D eigenvalue weighted by molar-refractivity contribution is 0.474. The second-order valence-electron chi connectivity index (χ2n) is 5.36. The monoisotopic (exact) mass is 353 g/mol. The molecule has 0 aliphatic carbocycles. The molecule has 0 saturated heterocycles. The van der Waals surface area contributed by atoms with Gasteiger partial charge in [-0.1, -0.05) is 36.7 Å². The van der Waals surface area contributed by atoms with Crippen LogP contribution in [0.5, 0.6) is 5.75 Å². The fourth-order valence-electron chi connectivity index (χ4n) is 1.46. The molecular formula is C14H16BrN3OS. The Bertz CT molecular complexity index is 632. The van der Waals surface area contributed by atoms with Crippen LogP contribution in [0.2, 0.25) is 0 Å². The summed E-state index contributed by atoms with van der Waals surface area (Å²) in [4.78, 5) is 4.47. The van der Waals surface area contributed by atoms with Crippen molar-refractivity contribution in [1.82, 2.24) is 4.98 Å². The zero-order chi connectivity index (χ0) is 14.8. The quantitative estimate of drug-likeness (QED) is 0.636. The van der Waals surface area contributed by atoms with Gasteiger partial charge in [0.1, 0.15) is 5.75 Å². The summed E-state index contributed by atoms with van der Waals surface area (Å²) in [6, 6.07) is 5.19. The summed E-state index contributed by atoms with van der Waals surface area (Å²) < 4.78 is 0.890. The van der Waals surface area contributed by atoms with Crippen molar-refractivity contribution in [3.63, 3.8) is 0 Å². The molecule has 0 fully saturated rings. The minimum Gasteiger partial charge on any atom is -0.507 e. The van der Waals surface area contributed by atoms with E-state index < -0.39 is 0 Å². The molecule has 6 heteroatoms. The molecule has 2 aromatic rings. The lowest BCUT2D eigenvalue weighted by Crippen LogP contribution is -2.11. The maximum atomic E-state index is 9.69. The van der Waals surface area contributed by atoms with Crippen molar-refractivity contribution < 1.29 is 5.11 Å². The zero-order valence-corrected chi connectivity index (χ0v) is 13.9. The number of nitrogens with one attached hydrogen (secondary N) is 1. The third-order valence-corrected chi connectivity index (χ3v) is 3.87. The lowest BCUT2D eigenvalue weighted by atomic mass is 9.93. The van der Waals surface area contributed by atoms with E-state index in [1.807, 2.05) is 5.38 Å². The average molecular weight is 354 g/mol. The number of thiazole rings is 1. The van der Waals surface area contributed by atoms with E-state index in [-0.39, 0.29) is 11.2 Å². The summed E-state index contributed by atoms with van der Waals surface area (Å²) in [7, 11) is 0. The van der Waals surface area contributed by atoms with Gasteiger partial charge >= 0.3 is 0 Å². The number of aromatic nitrogens is 1. The van der Waals surface area contributed by atoms with Crippen LogP contribution < -0.4 is 5.43 Å². The molecule has 1 aromatic heterocycles. The number of hydrogen-bond donors (Lipinski definition) is 2. The second kappa shape index (κ2) is 5.93. The van der Waals surface area contributed by atoms with Crippen molar-refractivity contribution in [1.29, 1.82) is 0 Å². The molecule has 2 rings (SSSR count). The van der Waals surface area contributed by atoms with Crippen LogP contribution in [-0.2, 0) is 5.41 Å². The van der Waals surface area contributed by atoms with Crippen LogP contribution in [-0.4, -0.2) is 16.3 Å². The van der Waals surface area contributed by atoms with Crippen LogP contribution in [0.25, 0.3) is 0 Å². The standard InChI is InChI=1S/C14H16BrN3OS/c1-14(2,3)12-8-20-13(17-12)18-16-7-9-6-10(15)4-5-11(9)19/h4-8,19H,1-3H3,(H,17,18). The van der Waals surface area contributed by atoms with Crippen LogP contribution in [0.3, 0.4) is 0 Å². The maximum absolute atomic E-state index is 9.69. The number of nitrogens with zero attached hydrogens (tertiary/aromatic N) is 2. The molecule has 2 N–H and O–H groups in total. The lowest BCUT2D eigenvalue weighted by Gasteiger charge is -2.13. The van der Waals surface area contributed by atoms with E-state index in [9.17, 15) is 5.11 Å². The van der Waals surface area contributed by atoms with Gasteiger partial charge in [0.2, 0.25) is 5.13 Å². The molecule has 20 heavy (non-hydrogen) atoms. The van der Waals surface area contributed by atoms with Crippen molar-refractivity contribution in [2.24, 2.45) is 5.10 Å². The number of benzene rings is 1. The number of hydrogen-bond acceptors (Lipinski definition) is 5. The SMILES string of the molecule is CC(C)(C)c1csc(NN=Cc2cc(Br)ccc2O)n1. The highest BCUT2D eigenvalue weighted by Gasteiger charge is 2.17. The van der Waals surface area contributed by atoms with Crippen molar-refractivity contribution in [2.45, 2.75) is 26.2 Å². The molecule has 0 radical (unpaired) electrons. The Hall–Kier alpha value is -1.40. The molecule has 4 nitrogen and oxygen atoms in total. The first kappa shape index (κ1) is 15.0. The molecule has 1 aromatic carbocycles. The average Bonchev–Trinajstić information content (AvgIpc) is 2.82. The summed E-state index contributed by atoms with van der Waals surface area (Å²) in [5, 5.41) is 16.6. The van der Waals surface area contributed by atoms with Crippen molar-refractivity contribution in [3.05, 3.63) is 39.3 Å². The van der Waals surface area contributed by atoms with Gasteiger partial charge in [-0.25, -0.2) is 4.98 Å². The second-order valence-corrected chi connectivity index (χ2v) is 7.13. The minimum atomic E-state index is 0.0305. The van der Waals surface area contributed by atoms with Crippen LogP contribution in [0.15, 0.2) is 33.2 Å². The molecule has 0 aliphatic rings. The van der Waals surface area contributed by atoms with Crippen LogP contribution in [0.1, 0.15) is 32.0 Å². The molecule has 0 aliphatic heterocycles. The molecule has 0 unspecified atom stereocenters. The zero-order valence-electron chi connectivity index (χ0n) is 11.5. The molecule has 0 spiro atoms. The van der Waals surface area contributed by atoms with Gasteiger partial charge < -0.3 is 5.11 Å². The summed E-state index contributed by atoms with van der Waals surface area (Å²) in [5.41, 5.74) is 4.58. The van der Waals surface area contributed by atoms with Gasteiger partial charge in [0, 0.05) is 20.8 Å². The molecule has 106 valence electrons. The molecule has 0 saturated carbocycles. The van der Waals surface area contributed by atoms with E-state index in [1.165, 1.54) is 11.3 Å². The Labute approximate surface area is 130 Å². The van der Waals surface area contributed by atoms with Crippen molar-refractivity contribution >= 4 is 38.6 Å². The molecule has 1 heterocycles. The molecule has 0 atom stereocenters. The van der Waals surface area contributed by atoms with E-state index in [0.717, 1.165) is 15.3 Å². The highest BCUT2D eigenvalue weighted by Crippen LogP contribution is 2.26. The number of phenols is 1. The first-order valence-electron chi connectivity index (χ1n) is 6.10. The van der Waals surface area contributed by atoms with Gasteiger partial charge in [-0.3, -0.25) is 5.43 Å². The Morgan fingerprint density at radius 2 is 2.15 bits per heavy atom. The molecular weight excluding hydrogens is 338 g/mol. The van der Waals surface area contributed by atoms with Gasteiger partial charge in [-0.2, -0.15) is 5.10 Å². The van der Waals surface area contributed by atoms with Gasteiger partial charge in [-0.15, -0.1) is 11.3 Å². The molecule has 0 amide bonds. The summed E-state index contributed by atoms with van der Waals surface area (Å²) in [6.45, 7) is 6.36. The van der Waals surface area contributed by atoms with Crippen LogP contribution >= 0.6 is 27.3 Å². The predicted molar refractivity (Wildman–Crippen MR) is 87.8 cm³/mol. The van der Waals surface area contributed by atoms with Gasteiger partial charge in [0.15, 0.2) is 0 Å². The highest BCUT2D eigenvalue weighted by atomic mass is 79.9. The Morgan fingerprint density at radius 1 is 1.40 bits per heavy atom. The number of aromatic hydroxyl groups is 1. The Morgan fingerprint density at radius 3 is 2.80 bits per heavy atom. The topological polar surface area (TPSA) is 57.5 Å². The number of hydrazone groups is 1. The molecule has 0 bridgehead atoms. The van der Waals surface area contributed by atoms with Gasteiger partial charge in [-0.05, 0) is 18.2 Å². The van der Waals surface area contributed by atoms with Crippen molar-refractivity contribution in [3.8, 4) is 5.75 Å². The number of rotatable bonds is 3. The first-order chi connectivity index (χ1) is 9.36. The minimum absolute atomic E-state index is 0.0305. The van der Waals surface area contributed by atoms with E-state index >= 15 is 0 Å². The maximum Gasteiger partial charge on any atom is 0.203 e. The summed E-state index contributed by atoms with van der Waals surface area (Å²) in [6.07, 6.45) is 1.57. The highest BCUT2D eigenvalue weighted by molar-refractivity contribution is 9.10. The van der Waals surface area contributed by atoms with E-state index in [0.29, 0.717) is 5.56 Å². The van der Waals surface area contributed by atoms with Gasteiger partial charge in [0.25, 0.3) is 0 Å².